The Kier molecular flexibility index (Phi) is 15.0. The highest BCUT2D eigenvalue weighted by Crippen LogP contribution is 2.52. The van der Waals surface area contributed by atoms with Crippen LogP contribution < -0.4 is 10.2 Å². The molecule has 0 saturated heterocycles. The summed E-state index contributed by atoms with van der Waals surface area (Å²) >= 11 is 19.1. The van der Waals surface area contributed by atoms with Gasteiger partial charge in [0.15, 0.2) is 5.71 Å². The first-order valence-electron chi connectivity index (χ1n) is 21.8. The van der Waals surface area contributed by atoms with Crippen molar-refractivity contribution in [3.05, 3.63) is 119 Å². The molecule has 0 fully saturated rings. The van der Waals surface area contributed by atoms with Gasteiger partial charge in [-0.2, -0.15) is 4.58 Å². The maximum atomic E-state index is 13.2. The van der Waals surface area contributed by atoms with E-state index in [9.17, 15) is 9.59 Å². The zero-order chi connectivity index (χ0) is 45.1. The summed E-state index contributed by atoms with van der Waals surface area (Å²) in [5.74, 6) is 0.0405. The lowest BCUT2D eigenvalue weighted by molar-refractivity contribution is -0.433. The number of carbonyl (C=O) groups excluding carboxylic acids is 2. The van der Waals surface area contributed by atoms with Crippen molar-refractivity contribution in [2.45, 2.75) is 118 Å². The Morgan fingerprint density at radius 2 is 1.44 bits per heavy atom. The molecule has 0 atom stereocenters. The van der Waals surface area contributed by atoms with E-state index in [1.807, 2.05) is 38.1 Å². The second kappa shape index (κ2) is 19.7. The van der Waals surface area contributed by atoms with Crippen molar-refractivity contribution in [1.29, 1.82) is 0 Å². The van der Waals surface area contributed by atoms with E-state index in [4.69, 9.17) is 55.5 Å². The molecule has 2 aliphatic rings. The van der Waals surface area contributed by atoms with Crippen molar-refractivity contribution >= 4 is 106 Å². The smallest absolute Gasteiger partial charge is 0.252 e. The van der Waals surface area contributed by atoms with Crippen LogP contribution in [0.25, 0.3) is 27.1 Å². The molecule has 1 N–H and O–H groups in total. The molecule has 0 spiro atoms. The topological polar surface area (TPSA) is 65.3 Å². The molecule has 7 rings (SSSR count). The number of likely N-dealkylation sites (N-methyl/N-ethyl adjacent to an activating group) is 1. The van der Waals surface area contributed by atoms with E-state index in [1.165, 1.54) is 33.9 Å². The third kappa shape index (κ3) is 9.21. The highest BCUT2D eigenvalue weighted by Gasteiger charge is 2.45. The number of Topliss-reactive ketones (excluding diaryl/α,β-unsaturated/α-hetero) is 1. The van der Waals surface area contributed by atoms with Gasteiger partial charge in [0.1, 0.15) is 12.3 Å². The number of thiol groups is 4. The molecule has 62 heavy (non-hydrogen) atoms. The lowest BCUT2D eigenvalue weighted by Crippen LogP contribution is -2.27. The lowest BCUT2D eigenvalue weighted by Gasteiger charge is -2.26. The number of unbranched alkanes of at least 4 members (excludes halogenated alkanes) is 2. The number of benzene rings is 4. The third-order valence-corrected chi connectivity index (χ3v) is 13.4. The van der Waals surface area contributed by atoms with Gasteiger partial charge in [-0.05, 0) is 135 Å². The number of nitrogens with one attached hydrogen (secondary N) is 1. The van der Waals surface area contributed by atoms with Gasteiger partial charge in [0.25, 0.3) is 5.91 Å². The summed E-state index contributed by atoms with van der Waals surface area (Å²) in [4.78, 5) is 35.4. The molecule has 0 saturated carbocycles. The van der Waals surface area contributed by atoms with Crippen LogP contribution in [0.5, 0.6) is 0 Å². The number of carbonyl (C=O) groups is 2. The van der Waals surface area contributed by atoms with Crippen LogP contribution in [0, 0.1) is 0 Å². The fourth-order valence-corrected chi connectivity index (χ4v) is 10.6. The molecule has 3 heterocycles. The van der Waals surface area contributed by atoms with Crippen LogP contribution in [-0.4, -0.2) is 46.6 Å². The average molecular weight is 902 g/mol. The summed E-state index contributed by atoms with van der Waals surface area (Å²) in [5.41, 5.74) is 8.76. The Morgan fingerprint density at radius 3 is 2.03 bits per heavy atom. The number of pyridine rings is 1. The predicted molar refractivity (Wildman–Crippen MR) is 274 cm³/mol. The Labute approximate surface area is 390 Å². The first-order valence-corrected chi connectivity index (χ1v) is 23.6. The molecule has 1 amide bonds. The normalized spacial score (nSPS) is 16.0. The second-order valence-electron chi connectivity index (χ2n) is 16.9. The van der Waals surface area contributed by atoms with Crippen LogP contribution in [0.1, 0.15) is 115 Å². The monoisotopic (exact) mass is 901 g/mol. The number of amides is 1. The number of hydrogen-bond acceptors (Lipinski definition) is 8. The zero-order valence-electron chi connectivity index (χ0n) is 37.6. The zero-order valence-corrected chi connectivity index (χ0v) is 41.1. The van der Waals surface area contributed by atoms with Crippen molar-refractivity contribution in [3.8, 4) is 0 Å². The number of ketones is 1. The van der Waals surface area contributed by atoms with E-state index in [0.29, 0.717) is 18.5 Å². The van der Waals surface area contributed by atoms with Gasteiger partial charge in [-0.3, -0.25) is 9.78 Å². The Balaban J connectivity index is 0.00000316. The number of anilines is 1. The first-order chi connectivity index (χ1) is 29.6. The van der Waals surface area contributed by atoms with Crippen LogP contribution in [-0.2, 0) is 15.6 Å². The number of aromatic nitrogens is 1. The molecule has 10 heteroatoms. The van der Waals surface area contributed by atoms with Gasteiger partial charge < -0.3 is 15.0 Å². The number of allylic oxidation sites excluding steroid dienone is 6. The molecule has 0 bridgehead atoms. The van der Waals surface area contributed by atoms with E-state index in [2.05, 4.69) is 117 Å². The van der Waals surface area contributed by atoms with Crippen LogP contribution >= 0.6 is 50.5 Å². The summed E-state index contributed by atoms with van der Waals surface area (Å²) in [7, 11) is 0. The summed E-state index contributed by atoms with van der Waals surface area (Å²) in [5, 5.41) is 7.57. The standard InChI is InChI=1S/C50H54N4O2S4.C2H6/c1-8-53-40-20-17-35-37(25-33(57)27-42(35)59)46(40)49(4,5)44(53)22-15-31(39-19-14-32(29-52-39)48(56)51-24-12-10-11-13-30(3)55)16-23-45-50(6,7)47-38-26-34(58)28-43(60)36(38)18-21-41(47)54(45)9-2;1-2/h14-23,25-29H,8-13,24H2,1-7H3,(H4-,51,56,57,58,59,60);1-2H3/p+1. The quantitative estimate of drug-likeness (QED) is 0.0354. The fourth-order valence-electron chi connectivity index (χ4n) is 9.25. The minimum atomic E-state index is -0.332. The Hall–Kier alpha value is -4.22. The molecule has 324 valence electrons. The maximum absolute atomic E-state index is 13.2. The molecular formula is C52H61N4O2S4+. The minimum absolute atomic E-state index is 0.158. The van der Waals surface area contributed by atoms with Crippen molar-refractivity contribution in [1.82, 2.24) is 10.3 Å². The SMILES string of the molecule is CC.CCN1/C(=C/C=C(/C=C/C2=[N+](CC)c3ccc4c(S)cc(S)cc4c3C2(C)C)c2ccc(C(=O)NCCCCCC(C)=O)cn2)C(C)(C)c2c1ccc1c(S)cc(S)cc21. The van der Waals surface area contributed by atoms with Crippen molar-refractivity contribution < 1.29 is 14.2 Å². The highest BCUT2D eigenvalue weighted by atomic mass is 32.1. The van der Waals surface area contributed by atoms with Crippen molar-refractivity contribution in [2.24, 2.45) is 0 Å². The van der Waals surface area contributed by atoms with Crippen LogP contribution in [0.15, 0.2) is 116 Å². The number of hydrogen-bond donors (Lipinski definition) is 5. The molecule has 2 aliphatic heterocycles. The van der Waals surface area contributed by atoms with Gasteiger partial charge >= 0.3 is 0 Å². The van der Waals surface area contributed by atoms with E-state index >= 15 is 0 Å². The largest absolute Gasteiger partial charge is 0.352 e. The first kappa shape index (κ1) is 47.3. The number of fused-ring (bicyclic) bond motifs is 6. The maximum Gasteiger partial charge on any atom is 0.252 e. The van der Waals surface area contributed by atoms with Gasteiger partial charge in [-0.15, -0.1) is 50.5 Å². The second-order valence-corrected chi connectivity index (χ2v) is 18.9. The van der Waals surface area contributed by atoms with Gasteiger partial charge in [0, 0.05) is 85.4 Å². The average Bonchev–Trinajstić information content (AvgIpc) is 3.60. The summed E-state index contributed by atoms with van der Waals surface area (Å²) in [6.07, 6.45) is 13.6. The van der Waals surface area contributed by atoms with Crippen LogP contribution in [0.3, 0.4) is 0 Å². The predicted octanol–water partition coefficient (Wildman–Crippen LogP) is 13.2. The van der Waals surface area contributed by atoms with Gasteiger partial charge in [0.05, 0.1) is 16.7 Å². The Morgan fingerprint density at radius 1 is 0.790 bits per heavy atom. The molecule has 0 radical (unpaired) electrons. The number of rotatable bonds is 13. The molecule has 0 unspecified atom stereocenters. The molecule has 0 aliphatic carbocycles. The van der Waals surface area contributed by atoms with E-state index in [0.717, 1.165) is 84.7 Å². The molecule has 4 aromatic carbocycles. The van der Waals surface area contributed by atoms with E-state index < -0.39 is 0 Å². The van der Waals surface area contributed by atoms with E-state index in [1.54, 1.807) is 13.1 Å². The molecule has 1 aromatic heterocycles. The van der Waals surface area contributed by atoms with Gasteiger partial charge in [-0.25, -0.2) is 0 Å². The molecule has 6 nitrogen and oxygen atoms in total. The minimum Gasteiger partial charge on any atom is -0.352 e. The van der Waals surface area contributed by atoms with Crippen LogP contribution in [0.4, 0.5) is 11.4 Å². The number of nitrogens with zero attached hydrogens (tertiary/aromatic N) is 3. The highest BCUT2D eigenvalue weighted by molar-refractivity contribution is 7.81. The lowest BCUT2D eigenvalue weighted by atomic mass is 9.79. The van der Waals surface area contributed by atoms with Gasteiger partial charge in [0.2, 0.25) is 5.69 Å². The van der Waals surface area contributed by atoms with Crippen LogP contribution in [0.2, 0.25) is 0 Å². The van der Waals surface area contributed by atoms with Gasteiger partial charge in [-0.1, -0.05) is 46.3 Å². The third-order valence-electron chi connectivity index (χ3n) is 12.1. The van der Waals surface area contributed by atoms with E-state index in [-0.39, 0.29) is 22.5 Å². The summed E-state index contributed by atoms with van der Waals surface area (Å²) in [6, 6.07) is 20.9. The molecular weight excluding hydrogens is 841 g/mol. The summed E-state index contributed by atoms with van der Waals surface area (Å²) in [6.45, 7) is 21.3. The van der Waals surface area contributed by atoms with Crippen molar-refractivity contribution in [3.63, 3.8) is 0 Å². The summed E-state index contributed by atoms with van der Waals surface area (Å²) < 4.78 is 2.40. The van der Waals surface area contributed by atoms with Crippen molar-refractivity contribution in [2.75, 3.05) is 24.5 Å². The molecule has 5 aromatic rings. The Bertz CT molecular complexity index is 2670. The fraction of sp³-hybridized carbons (Fsp3) is 0.346.